The maximum Gasteiger partial charge on any atom is 0.359 e. The molecule has 0 bridgehead atoms. The van der Waals surface area contributed by atoms with Gasteiger partial charge in [0.25, 0.3) is 0 Å². The fraction of sp³-hybridized carbons (Fsp3) is 0.870. The molecule has 0 saturated heterocycles. The molecule has 0 heterocycles. The van der Waals surface area contributed by atoms with Gasteiger partial charge >= 0.3 is 13.6 Å². The van der Waals surface area contributed by atoms with Crippen molar-refractivity contribution in [3.63, 3.8) is 0 Å². The van der Waals surface area contributed by atoms with E-state index in [1.165, 1.54) is 51.4 Å². The number of esters is 1. The van der Waals surface area contributed by atoms with E-state index in [4.69, 9.17) is 14.5 Å². The fourth-order valence-corrected chi connectivity index (χ4v) is 3.73. The van der Waals surface area contributed by atoms with E-state index in [0.717, 1.165) is 32.1 Å². The van der Waals surface area contributed by atoms with Crippen LogP contribution in [0.3, 0.4) is 0 Å². The molecule has 0 amide bonds. The third kappa shape index (κ3) is 20.9. The van der Waals surface area contributed by atoms with E-state index in [1.54, 1.807) is 0 Å². The van der Waals surface area contributed by atoms with Crippen molar-refractivity contribution in [1.29, 1.82) is 0 Å². The quantitative estimate of drug-likeness (QED) is 0.0807. The molecule has 0 aromatic rings. The largest absolute Gasteiger partial charge is 0.463 e. The van der Waals surface area contributed by atoms with Crippen LogP contribution in [0.15, 0.2) is 12.2 Å². The molecule has 0 aliphatic heterocycles. The normalized spacial score (nSPS) is 14.1. The Morgan fingerprint density at radius 2 is 1.39 bits per heavy atom. The molecule has 0 radical (unpaired) electrons. The molecule has 184 valence electrons. The van der Waals surface area contributed by atoms with Gasteiger partial charge in [0.2, 0.25) is 5.91 Å². The molecular weight excluding hydrogens is 422 g/mol. The number of aliphatic hydroxyl groups excluding tert-OH is 1. The van der Waals surface area contributed by atoms with Gasteiger partial charge in [0.1, 0.15) is 6.61 Å². The standard InChI is InChI=1S/C23H44FO6P/c1-2-3-4-5-6-7-8-9-10-11-12-13-14-15-16-17-18-23(26)30-20-21(25)19-22(24)31(27,28)29/h10-11,21-22,25H,2-9,12-20H2,1H3,(H2,27,28,29)/b11-10-/t21-,22?/m0/s1. The predicted molar refractivity (Wildman–Crippen MR) is 123 cm³/mol. The number of carbonyl (C=O) groups excluding carboxylic acids is 1. The fourth-order valence-electron chi connectivity index (χ4n) is 3.21. The summed E-state index contributed by atoms with van der Waals surface area (Å²) in [5, 5.41) is 9.48. The molecule has 0 aromatic carbocycles. The van der Waals surface area contributed by atoms with Crippen molar-refractivity contribution in [3.8, 4) is 0 Å². The molecule has 31 heavy (non-hydrogen) atoms. The number of allylic oxidation sites excluding steroid dienone is 2. The second-order valence-electron chi connectivity index (χ2n) is 8.28. The minimum Gasteiger partial charge on any atom is -0.463 e. The molecule has 6 nitrogen and oxygen atoms in total. The summed E-state index contributed by atoms with van der Waals surface area (Å²) in [6, 6.07) is 0. The molecule has 0 spiro atoms. The van der Waals surface area contributed by atoms with Crippen molar-refractivity contribution < 1.29 is 33.4 Å². The van der Waals surface area contributed by atoms with Crippen LogP contribution in [0.4, 0.5) is 4.39 Å². The van der Waals surface area contributed by atoms with Crippen LogP contribution >= 0.6 is 7.60 Å². The van der Waals surface area contributed by atoms with Crippen LogP contribution in [0.25, 0.3) is 0 Å². The molecule has 2 atom stereocenters. The highest BCUT2D eigenvalue weighted by molar-refractivity contribution is 7.52. The lowest BCUT2D eigenvalue weighted by molar-refractivity contribution is -0.147. The summed E-state index contributed by atoms with van der Waals surface area (Å²) in [4.78, 5) is 28.9. The van der Waals surface area contributed by atoms with Crippen molar-refractivity contribution in [3.05, 3.63) is 12.2 Å². The first-order valence-corrected chi connectivity index (χ1v) is 13.6. The molecule has 0 saturated carbocycles. The van der Waals surface area contributed by atoms with Gasteiger partial charge < -0.3 is 19.6 Å². The highest BCUT2D eigenvalue weighted by Crippen LogP contribution is 2.44. The first kappa shape index (κ1) is 30.2. The van der Waals surface area contributed by atoms with Crippen LogP contribution in [0.5, 0.6) is 0 Å². The zero-order valence-corrected chi connectivity index (χ0v) is 20.1. The average Bonchev–Trinajstić information content (AvgIpc) is 2.71. The van der Waals surface area contributed by atoms with E-state index in [-0.39, 0.29) is 6.42 Å². The van der Waals surface area contributed by atoms with Gasteiger partial charge in [-0.2, -0.15) is 0 Å². The Morgan fingerprint density at radius 3 is 1.90 bits per heavy atom. The highest BCUT2D eigenvalue weighted by atomic mass is 31.2. The van der Waals surface area contributed by atoms with Crippen molar-refractivity contribution in [2.24, 2.45) is 0 Å². The van der Waals surface area contributed by atoms with Gasteiger partial charge in [0.05, 0.1) is 6.10 Å². The van der Waals surface area contributed by atoms with Gasteiger partial charge in [-0.15, -0.1) is 0 Å². The van der Waals surface area contributed by atoms with E-state index >= 15 is 0 Å². The summed E-state index contributed by atoms with van der Waals surface area (Å²) in [5.41, 5.74) is 0. The van der Waals surface area contributed by atoms with E-state index in [2.05, 4.69) is 19.1 Å². The van der Waals surface area contributed by atoms with Crippen LogP contribution in [0.2, 0.25) is 0 Å². The Kier molecular flexibility index (Phi) is 19.4. The first-order chi connectivity index (χ1) is 14.8. The molecule has 1 unspecified atom stereocenters. The third-order valence-electron chi connectivity index (χ3n) is 5.16. The summed E-state index contributed by atoms with van der Waals surface area (Å²) in [6.07, 6.45) is 19.2. The summed E-state index contributed by atoms with van der Waals surface area (Å²) < 4.78 is 28.6. The number of carbonyl (C=O) groups is 1. The summed E-state index contributed by atoms with van der Waals surface area (Å²) in [6.45, 7) is 1.79. The highest BCUT2D eigenvalue weighted by Gasteiger charge is 2.31. The van der Waals surface area contributed by atoms with E-state index < -0.39 is 38.6 Å². The lowest BCUT2D eigenvalue weighted by Crippen LogP contribution is -2.22. The molecule has 0 aromatic heterocycles. The molecule has 3 N–H and O–H groups in total. The molecule has 0 rings (SSSR count). The van der Waals surface area contributed by atoms with Gasteiger partial charge in [-0.05, 0) is 32.1 Å². The second-order valence-corrected chi connectivity index (χ2v) is 10.0. The van der Waals surface area contributed by atoms with E-state index in [1.807, 2.05) is 0 Å². The number of halogens is 1. The minimum absolute atomic E-state index is 0.225. The SMILES string of the molecule is CCCCCCCCC/C=C\CCCCCCCC(=O)OC[C@@H](O)CC(F)P(=O)(O)O. The van der Waals surface area contributed by atoms with Crippen LogP contribution in [-0.2, 0) is 14.1 Å². The van der Waals surface area contributed by atoms with Gasteiger partial charge in [-0.3, -0.25) is 9.36 Å². The number of aliphatic hydroxyl groups is 1. The Bertz CT molecular complexity index is 508. The summed E-state index contributed by atoms with van der Waals surface area (Å²) >= 11 is 0. The zero-order valence-electron chi connectivity index (χ0n) is 19.2. The first-order valence-electron chi connectivity index (χ1n) is 11.9. The molecule has 8 heteroatoms. The van der Waals surface area contributed by atoms with Crippen molar-refractivity contribution in [2.75, 3.05) is 6.61 Å². The van der Waals surface area contributed by atoms with Gasteiger partial charge in [0.15, 0.2) is 0 Å². The van der Waals surface area contributed by atoms with Gasteiger partial charge in [-0.25, -0.2) is 4.39 Å². The third-order valence-corrected chi connectivity index (χ3v) is 6.10. The Labute approximate surface area is 187 Å². The smallest absolute Gasteiger partial charge is 0.359 e. The molecule has 0 fully saturated rings. The maximum absolute atomic E-state index is 13.1. The van der Waals surface area contributed by atoms with E-state index in [0.29, 0.717) is 6.42 Å². The topological polar surface area (TPSA) is 104 Å². The van der Waals surface area contributed by atoms with Gasteiger partial charge in [-0.1, -0.05) is 76.9 Å². The number of hydrogen-bond donors (Lipinski definition) is 3. The summed E-state index contributed by atoms with van der Waals surface area (Å²) in [7, 11) is -4.88. The monoisotopic (exact) mass is 466 g/mol. The Morgan fingerprint density at radius 1 is 0.903 bits per heavy atom. The summed E-state index contributed by atoms with van der Waals surface area (Å²) in [5.74, 6) is -2.93. The lowest BCUT2D eigenvalue weighted by atomic mass is 10.1. The Balaban J connectivity index is 3.45. The predicted octanol–water partition coefficient (Wildman–Crippen LogP) is 6.18. The number of rotatable bonds is 21. The van der Waals surface area contributed by atoms with Crippen molar-refractivity contribution in [2.45, 2.75) is 122 Å². The van der Waals surface area contributed by atoms with Crippen LogP contribution in [0, 0.1) is 0 Å². The molecule has 0 aliphatic carbocycles. The number of alkyl halides is 1. The molecular formula is C23H44FO6P. The maximum atomic E-state index is 13.1. The van der Waals surface area contributed by atoms with Crippen LogP contribution < -0.4 is 0 Å². The second kappa shape index (κ2) is 19.9. The molecule has 0 aliphatic rings. The lowest BCUT2D eigenvalue weighted by Gasteiger charge is -2.15. The average molecular weight is 467 g/mol. The number of hydrogen-bond acceptors (Lipinski definition) is 4. The van der Waals surface area contributed by atoms with Crippen molar-refractivity contribution in [1.82, 2.24) is 0 Å². The Hall–Kier alpha value is -0.750. The zero-order chi connectivity index (χ0) is 23.4. The van der Waals surface area contributed by atoms with E-state index in [9.17, 15) is 18.9 Å². The van der Waals surface area contributed by atoms with Crippen LogP contribution in [0.1, 0.15) is 110 Å². The number of ether oxygens (including phenoxy) is 1. The van der Waals surface area contributed by atoms with Gasteiger partial charge in [0, 0.05) is 12.8 Å². The minimum atomic E-state index is -4.88. The number of unbranched alkanes of at least 4 members (excludes halogenated alkanes) is 12. The van der Waals surface area contributed by atoms with Crippen molar-refractivity contribution >= 4 is 13.6 Å². The van der Waals surface area contributed by atoms with Crippen LogP contribution in [-0.4, -0.2) is 39.5 Å².